The van der Waals surface area contributed by atoms with E-state index in [0.717, 1.165) is 16.8 Å². The van der Waals surface area contributed by atoms with Crippen molar-refractivity contribution in [2.45, 2.75) is 6.54 Å². The van der Waals surface area contributed by atoms with E-state index in [2.05, 4.69) is 10.3 Å². The number of benzene rings is 2. The third kappa shape index (κ3) is 2.63. The highest BCUT2D eigenvalue weighted by molar-refractivity contribution is 5.93. The minimum Gasteiger partial charge on any atom is -0.497 e. The summed E-state index contributed by atoms with van der Waals surface area (Å²) in [6.07, 6.45) is 0. The predicted molar refractivity (Wildman–Crippen MR) is 81.0 cm³/mol. The summed E-state index contributed by atoms with van der Waals surface area (Å²) < 4.78 is 11.6. The molecule has 0 aliphatic heterocycles. The maximum atomic E-state index is 11.5. The molecule has 0 aliphatic rings. The average Bonchev–Trinajstić information content (AvgIpc) is 2.97. The molecule has 0 saturated carbocycles. The maximum Gasteiger partial charge on any atom is 0.337 e. The topological polar surface area (TPSA) is 66.2 Å². The van der Waals surface area contributed by atoms with Crippen LogP contribution in [0.1, 0.15) is 15.9 Å². The van der Waals surface area contributed by atoms with Gasteiger partial charge < -0.3 is 9.47 Å². The van der Waals surface area contributed by atoms with Crippen molar-refractivity contribution in [1.29, 1.82) is 0 Å². The van der Waals surface area contributed by atoms with Gasteiger partial charge >= 0.3 is 5.97 Å². The van der Waals surface area contributed by atoms with Crippen LogP contribution in [0.25, 0.3) is 11.0 Å². The minimum atomic E-state index is -0.383. The summed E-state index contributed by atoms with van der Waals surface area (Å²) >= 11 is 0. The molecule has 0 radical (unpaired) electrons. The monoisotopic (exact) mass is 297 g/mol. The third-order valence-electron chi connectivity index (χ3n) is 3.43. The van der Waals surface area contributed by atoms with Crippen LogP contribution < -0.4 is 4.74 Å². The van der Waals surface area contributed by atoms with Crippen LogP contribution >= 0.6 is 0 Å². The number of hydrogen-bond acceptors (Lipinski definition) is 5. The molecule has 6 nitrogen and oxygen atoms in total. The van der Waals surface area contributed by atoms with Crippen LogP contribution in [0.4, 0.5) is 0 Å². The molecule has 6 heteroatoms. The quantitative estimate of drug-likeness (QED) is 0.691. The van der Waals surface area contributed by atoms with Crippen LogP contribution in [0.2, 0.25) is 0 Å². The van der Waals surface area contributed by atoms with E-state index >= 15 is 0 Å². The van der Waals surface area contributed by atoms with Gasteiger partial charge in [0.05, 0.1) is 31.8 Å². The van der Waals surface area contributed by atoms with Gasteiger partial charge in [-0.2, -0.15) is 0 Å². The van der Waals surface area contributed by atoms with Crippen molar-refractivity contribution in [3.8, 4) is 5.75 Å². The van der Waals surface area contributed by atoms with Gasteiger partial charge in [-0.3, -0.25) is 0 Å². The standard InChI is InChI=1S/C16H15N3O3/c1-21-13-6-3-11(4-7-13)10-19-15-8-5-12(16(20)22-2)9-14(15)17-18-19/h3-9H,10H2,1-2H3. The van der Waals surface area contributed by atoms with Gasteiger partial charge in [-0.1, -0.05) is 17.3 Å². The predicted octanol–water partition coefficient (Wildman–Crippen LogP) is 2.27. The van der Waals surface area contributed by atoms with Crippen molar-refractivity contribution in [1.82, 2.24) is 15.0 Å². The first-order valence-electron chi connectivity index (χ1n) is 6.76. The van der Waals surface area contributed by atoms with Crippen LogP contribution in [-0.2, 0) is 11.3 Å². The Kier molecular flexibility index (Phi) is 3.74. The lowest BCUT2D eigenvalue weighted by molar-refractivity contribution is 0.0601. The molecule has 0 atom stereocenters. The van der Waals surface area contributed by atoms with Crippen LogP contribution in [-0.4, -0.2) is 35.2 Å². The second kappa shape index (κ2) is 5.85. The molecule has 0 N–H and O–H groups in total. The van der Waals surface area contributed by atoms with Crippen molar-refractivity contribution in [3.05, 3.63) is 53.6 Å². The van der Waals surface area contributed by atoms with Gasteiger partial charge in [0.15, 0.2) is 0 Å². The van der Waals surface area contributed by atoms with E-state index in [1.807, 2.05) is 30.3 Å². The number of ether oxygens (including phenoxy) is 2. The highest BCUT2D eigenvalue weighted by Crippen LogP contribution is 2.17. The molecular formula is C16H15N3O3. The number of nitrogens with zero attached hydrogens (tertiary/aromatic N) is 3. The van der Waals surface area contributed by atoms with Gasteiger partial charge in [0.1, 0.15) is 11.3 Å². The summed E-state index contributed by atoms with van der Waals surface area (Å²) in [5.41, 5.74) is 3.08. The molecule has 0 amide bonds. The largest absolute Gasteiger partial charge is 0.497 e. The lowest BCUT2D eigenvalue weighted by atomic mass is 10.2. The molecule has 0 aliphatic carbocycles. The number of aromatic nitrogens is 3. The first kappa shape index (κ1) is 14.1. The SMILES string of the molecule is COC(=O)c1ccc2c(c1)nnn2Cc1ccc(OC)cc1. The van der Waals surface area contributed by atoms with Crippen LogP contribution in [0.15, 0.2) is 42.5 Å². The van der Waals surface area contributed by atoms with E-state index in [4.69, 9.17) is 9.47 Å². The molecule has 3 rings (SSSR count). The fourth-order valence-corrected chi connectivity index (χ4v) is 2.24. The Hall–Kier alpha value is -2.89. The second-order valence-electron chi connectivity index (χ2n) is 4.79. The molecule has 22 heavy (non-hydrogen) atoms. The van der Waals surface area contributed by atoms with Crippen LogP contribution in [0.5, 0.6) is 5.75 Å². The number of esters is 1. The summed E-state index contributed by atoms with van der Waals surface area (Å²) in [6, 6.07) is 13.0. The fourth-order valence-electron chi connectivity index (χ4n) is 2.24. The maximum absolute atomic E-state index is 11.5. The molecule has 0 fully saturated rings. The number of carbonyl (C=O) groups excluding carboxylic acids is 1. The summed E-state index contributed by atoms with van der Waals surface area (Å²) in [6.45, 7) is 0.595. The zero-order valence-corrected chi connectivity index (χ0v) is 12.3. The summed E-state index contributed by atoms with van der Waals surface area (Å²) in [5.74, 6) is 0.432. The molecule has 0 spiro atoms. The second-order valence-corrected chi connectivity index (χ2v) is 4.79. The van der Waals surface area contributed by atoms with E-state index < -0.39 is 0 Å². The summed E-state index contributed by atoms with van der Waals surface area (Å²) in [5, 5.41) is 8.25. The first-order valence-corrected chi connectivity index (χ1v) is 6.76. The highest BCUT2D eigenvalue weighted by Gasteiger charge is 2.10. The smallest absolute Gasteiger partial charge is 0.337 e. The lowest BCUT2D eigenvalue weighted by Gasteiger charge is -2.05. The summed E-state index contributed by atoms with van der Waals surface area (Å²) in [7, 11) is 2.99. The normalized spacial score (nSPS) is 10.6. The molecule has 2 aromatic carbocycles. The van der Waals surface area contributed by atoms with Gasteiger partial charge in [0.25, 0.3) is 0 Å². The van der Waals surface area contributed by atoms with Gasteiger partial charge in [-0.15, -0.1) is 5.10 Å². The van der Waals surface area contributed by atoms with E-state index in [1.165, 1.54) is 7.11 Å². The Morgan fingerprint density at radius 3 is 2.59 bits per heavy atom. The van der Waals surface area contributed by atoms with E-state index in [1.54, 1.807) is 23.9 Å². The Balaban J connectivity index is 1.89. The zero-order valence-electron chi connectivity index (χ0n) is 12.3. The number of carbonyl (C=O) groups is 1. The van der Waals surface area contributed by atoms with Crippen LogP contribution in [0.3, 0.4) is 0 Å². The van der Waals surface area contributed by atoms with Crippen LogP contribution in [0, 0.1) is 0 Å². The fraction of sp³-hybridized carbons (Fsp3) is 0.188. The Morgan fingerprint density at radius 2 is 1.91 bits per heavy atom. The first-order chi connectivity index (χ1) is 10.7. The van der Waals surface area contributed by atoms with Crippen molar-refractivity contribution < 1.29 is 14.3 Å². The van der Waals surface area contributed by atoms with E-state index in [0.29, 0.717) is 17.6 Å². The molecule has 1 heterocycles. The number of methoxy groups -OCH3 is 2. The van der Waals surface area contributed by atoms with Gasteiger partial charge in [0, 0.05) is 0 Å². The number of rotatable bonds is 4. The molecule has 112 valence electrons. The number of fused-ring (bicyclic) bond motifs is 1. The van der Waals surface area contributed by atoms with Crippen molar-refractivity contribution in [2.75, 3.05) is 14.2 Å². The molecule has 1 aromatic heterocycles. The van der Waals surface area contributed by atoms with Crippen molar-refractivity contribution in [2.24, 2.45) is 0 Å². The van der Waals surface area contributed by atoms with Crippen molar-refractivity contribution in [3.63, 3.8) is 0 Å². The molecule has 0 bridgehead atoms. The van der Waals surface area contributed by atoms with Crippen molar-refractivity contribution >= 4 is 17.0 Å². The van der Waals surface area contributed by atoms with E-state index in [-0.39, 0.29) is 5.97 Å². The highest BCUT2D eigenvalue weighted by atomic mass is 16.5. The Morgan fingerprint density at radius 1 is 1.14 bits per heavy atom. The zero-order chi connectivity index (χ0) is 15.5. The Bertz CT molecular complexity index is 809. The number of hydrogen-bond donors (Lipinski definition) is 0. The molecular weight excluding hydrogens is 282 g/mol. The lowest BCUT2D eigenvalue weighted by Crippen LogP contribution is -2.03. The Labute approximate surface area is 127 Å². The molecule has 0 saturated heterocycles. The van der Waals surface area contributed by atoms with Gasteiger partial charge in [-0.25, -0.2) is 9.48 Å². The molecule has 0 unspecified atom stereocenters. The minimum absolute atomic E-state index is 0.383. The molecule has 3 aromatic rings. The van der Waals surface area contributed by atoms with Gasteiger partial charge in [-0.05, 0) is 35.9 Å². The summed E-state index contributed by atoms with van der Waals surface area (Å²) in [4.78, 5) is 11.5. The third-order valence-corrected chi connectivity index (χ3v) is 3.43. The van der Waals surface area contributed by atoms with E-state index in [9.17, 15) is 4.79 Å². The van der Waals surface area contributed by atoms with Gasteiger partial charge in [0.2, 0.25) is 0 Å². The average molecular weight is 297 g/mol.